The number of para-hydroxylation sites is 1. The fourth-order valence-electron chi connectivity index (χ4n) is 3.84. The molecule has 3 aromatic rings. The van der Waals surface area contributed by atoms with E-state index >= 15 is 0 Å². The SMILES string of the molecule is CNC(=O)c1sc2nc3cccc(C4CCCCC4)c3n2c1C. The Morgan fingerprint density at radius 3 is 2.83 bits per heavy atom. The summed E-state index contributed by atoms with van der Waals surface area (Å²) < 4.78 is 2.19. The van der Waals surface area contributed by atoms with E-state index in [0.29, 0.717) is 5.92 Å². The normalized spacial score (nSPS) is 16.3. The van der Waals surface area contributed by atoms with Gasteiger partial charge in [-0.05, 0) is 37.3 Å². The number of rotatable bonds is 2. The number of hydrogen-bond donors (Lipinski definition) is 1. The van der Waals surface area contributed by atoms with Gasteiger partial charge in [-0.15, -0.1) is 0 Å². The maximum atomic E-state index is 12.1. The highest BCUT2D eigenvalue weighted by Crippen LogP contribution is 2.38. The first-order valence-corrected chi connectivity index (χ1v) is 9.15. The van der Waals surface area contributed by atoms with Crippen molar-refractivity contribution in [1.82, 2.24) is 14.7 Å². The number of benzene rings is 1. The smallest absolute Gasteiger partial charge is 0.263 e. The fourth-order valence-corrected chi connectivity index (χ4v) is 4.92. The highest BCUT2D eigenvalue weighted by molar-refractivity contribution is 7.19. The molecule has 0 unspecified atom stereocenters. The summed E-state index contributed by atoms with van der Waals surface area (Å²) in [5.74, 6) is 0.594. The molecule has 0 bridgehead atoms. The number of hydrogen-bond acceptors (Lipinski definition) is 3. The first kappa shape index (κ1) is 14.7. The molecule has 0 aliphatic heterocycles. The lowest BCUT2D eigenvalue weighted by Gasteiger charge is -2.22. The van der Waals surface area contributed by atoms with Crippen LogP contribution in [0.4, 0.5) is 0 Å². The average molecular weight is 327 g/mol. The molecule has 0 radical (unpaired) electrons. The second kappa shape index (κ2) is 5.64. The van der Waals surface area contributed by atoms with Crippen LogP contribution in [0.2, 0.25) is 0 Å². The number of carbonyl (C=O) groups is 1. The number of nitrogens with zero attached hydrogens (tertiary/aromatic N) is 2. The second-order valence-electron chi connectivity index (χ2n) is 6.38. The molecule has 1 aliphatic rings. The summed E-state index contributed by atoms with van der Waals surface area (Å²) in [6.07, 6.45) is 6.51. The standard InChI is InChI=1S/C18H21N3OS/c1-11-16(17(22)19-2)23-18-20-14-10-6-9-13(15(14)21(11)18)12-7-4-3-5-8-12/h6,9-10,12H,3-5,7-8H2,1-2H3,(H,19,22). The molecule has 120 valence electrons. The van der Waals surface area contributed by atoms with E-state index in [2.05, 4.69) is 27.9 Å². The van der Waals surface area contributed by atoms with Gasteiger partial charge in [0.2, 0.25) is 0 Å². The van der Waals surface area contributed by atoms with E-state index in [4.69, 9.17) is 4.98 Å². The molecule has 0 spiro atoms. The summed E-state index contributed by atoms with van der Waals surface area (Å²) in [5, 5.41) is 2.73. The molecule has 4 rings (SSSR count). The first-order valence-electron chi connectivity index (χ1n) is 8.33. The topological polar surface area (TPSA) is 46.4 Å². The van der Waals surface area contributed by atoms with Crippen molar-refractivity contribution in [2.45, 2.75) is 44.9 Å². The quantitative estimate of drug-likeness (QED) is 0.764. The van der Waals surface area contributed by atoms with Gasteiger partial charge in [0.15, 0.2) is 4.96 Å². The van der Waals surface area contributed by atoms with Crippen LogP contribution in [0.5, 0.6) is 0 Å². The van der Waals surface area contributed by atoms with Crippen LogP contribution >= 0.6 is 11.3 Å². The van der Waals surface area contributed by atoms with Crippen LogP contribution in [0.25, 0.3) is 16.0 Å². The molecular formula is C18H21N3OS. The van der Waals surface area contributed by atoms with E-state index in [0.717, 1.165) is 21.0 Å². The average Bonchev–Trinajstić information content (AvgIpc) is 3.11. The molecule has 0 saturated heterocycles. The Labute approximate surface area is 139 Å². The van der Waals surface area contributed by atoms with Crippen molar-refractivity contribution >= 4 is 33.2 Å². The number of fused-ring (bicyclic) bond motifs is 3. The molecule has 23 heavy (non-hydrogen) atoms. The minimum atomic E-state index is -0.0266. The van der Waals surface area contributed by atoms with E-state index < -0.39 is 0 Å². The van der Waals surface area contributed by atoms with Gasteiger partial charge in [-0.3, -0.25) is 9.20 Å². The van der Waals surface area contributed by atoms with Crippen LogP contribution in [0.1, 0.15) is 59.0 Å². The Bertz CT molecular complexity index is 887. The van der Waals surface area contributed by atoms with Gasteiger partial charge in [0, 0.05) is 12.7 Å². The molecule has 1 aromatic carbocycles. The van der Waals surface area contributed by atoms with E-state index in [1.165, 1.54) is 54.5 Å². The van der Waals surface area contributed by atoms with E-state index in [1.807, 2.05) is 6.92 Å². The summed E-state index contributed by atoms with van der Waals surface area (Å²) in [6.45, 7) is 2.02. The monoisotopic (exact) mass is 327 g/mol. The predicted octanol–water partition coefficient (Wildman–Crippen LogP) is 4.26. The van der Waals surface area contributed by atoms with Gasteiger partial charge in [0.05, 0.1) is 11.0 Å². The van der Waals surface area contributed by atoms with Gasteiger partial charge in [0.25, 0.3) is 5.91 Å². The van der Waals surface area contributed by atoms with Gasteiger partial charge in [-0.2, -0.15) is 0 Å². The van der Waals surface area contributed by atoms with Gasteiger partial charge >= 0.3 is 0 Å². The van der Waals surface area contributed by atoms with Crippen LogP contribution in [0.15, 0.2) is 18.2 Å². The zero-order valence-corrected chi connectivity index (χ0v) is 14.4. The van der Waals surface area contributed by atoms with Crippen molar-refractivity contribution in [2.75, 3.05) is 7.05 Å². The summed E-state index contributed by atoms with van der Waals surface area (Å²) in [5.41, 5.74) is 4.65. The molecule has 2 aromatic heterocycles. The molecule has 2 heterocycles. The lowest BCUT2D eigenvalue weighted by atomic mass is 9.83. The molecule has 1 N–H and O–H groups in total. The number of aromatic nitrogens is 2. The first-order chi connectivity index (χ1) is 11.2. The number of imidazole rings is 1. The lowest BCUT2D eigenvalue weighted by molar-refractivity contribution is 0.0966. The van der Waals surface area contributed by atoms with Crippen LogP contribution < -0.4 is 5.32 Å². The van der Waals surface area contributed by atoms with E-state index in [9.17, 15) is 4.79 Å². The fraction of sp³-hybridized carbons (Fsp3) is 0.444. The van der Waals surface area contributed by atoms with Crippen molar-refractivity contribution in [2.24, 2.45) is 0 Å². The van der Waals surface area contributed by atoms with Gasteiger partial charge in [0.1, 0.15) is 4.88 Å². The van der Waals surface area contributed by atoms with Crippen molar-refractivity contribution in [3.63, 3.8) is 0 Å². The molecule has 1 aliphatic carbocycles. The third-order valence-electron chi connectivity index (χ3n) is 5.01. The maximum Gasteiger partial charge on any atom is 0.263 e. The van der Waals surface area contributed by atoms with Crippen molar-refractivity contribution < 1.29 is 4.79 Å². The molecule has 0 atom stereocenters. The third-order valence-corrected chi connectivity index (χ3v) is 6.15. The largest absolute Gasteiger partial charge is 0.354 e. The molecule has 1 amide bonds. The number of carbonyl (C=O) groups excluding carboxylic acids is 1. The Hall–Kier alpha value is -1.88. The highest BCUT2D eigenvalue weighted by Gasteiger charge is 2.23. The van der Waals surface area contributed by atoms with Crippen LogP contribution in [0.3, 0.4) is 0 Å². The van der Waals surface area contributed by atoms with E-state index in [-0.39, 0.29) is 5.91 Å². The van der Waals surface area contributed by atoms with Crippen molar-refractivity contribution in [1.29, 1.82) is 0 Å². The lowest BCUT2D eigenvalue weighted by Crippen LogP contribution is -2.17. The Morgan fingerprint density at radius 1 is 1.30 bits per heavy atom. The highest BCUT2D eigenvalue weighted by atomic mass is 32.1. The van der Waals surface area contributed by atoms with Crippen molar-refractivity contribution in [3.8, 4) is 0 Å². The van der Waals surface area contributed by atoms with E-state index in [1.54, 1.807) is 7.05 Å². The minimum Gasteiger partial charge on any atom is -0.354 e. The molecule has 1 saturated carbocycles. The molecular weight excluding hydrogens is 306 g/mol. The van der Waals surface area contributed by atoms with Crippen LogP contribution in [0, 0.1) is 6.92 Å². The second-order valence-corrected chi connectivity index (χ2v) is 7.35. The number of amides is 1. The molecule has 4 nitrogen and oxygen atoms in total. The molecule has 1 fully saturated rings. The number of aryl methyl sites for hydroxylation is 1. The summed E-state index contributed by atoms with van der Waals surface area (Å²) >= 11 is 1.48. The Kier molecular flexibility index (Phi) is 3.60. The third kappa shape index (κ3) is 2.26. The number of thiazole rings is 1. The summed E-state index contributed by atoms with van der Waals surface area (Å²) in [6, 6.07) is 6.46. The van der Waals surface area contributed by atoms with Crippen molar-refractivity contribution in [3.05, 3.63) is 34.3 Å². The maximum absolute atomic E-state index is 12.1. The van der Waals surface area contributed by atoms with Crippen LogP contribution in [-0.2, 0) is 0 Å². The van der Waals surface area contributed by atoms with Gasteiger partial charge in [-0.25, -0.2) is 4.98 Å². The predicted molar refractivity (Wildman–Crippen MR) is 94.5 cm³/mol. The van der Waals surface area contributed by atoms with Gasteiger partial charge in [-0.1, -0.05) is 42.7 Å². The summed E-state index contributed by atoms with van der Waals surface area (Å²) in [7, 11) is 1.68. The zero-order valence-electron chi connectivity index (χ0n) is 13.6. The summed E-state index contributed by atoms with van der Waals surface area (Å²) in [4.78, 5) is 18.5. The molecule has 5 heteroatoms. The minimum absolute atomic E-state index is 0.0266. The number of nitrogens with one attached hydrogen (secondary N) is 1. The Balaban J connectivity index is 1.97. The Morgan fingerprint density at radius 2 is 2.09 bits per heavy atom. The van der Waals surface area contributed by atoms with Gasteiger partial charge < -0.3 is 5.32 Å². The zero-order chi connectivity index (χ0) is 16.0. The van der Waals surface area contributed by atoms with Crippen LogP contribution in [-0.4, -0.2) is 22.3 Å².